The van der Waals surface area contributed by atoms with Gasteiger partial charge in [0.1, 0.15) is 4.21 Å². The molecule has 2 heterocycles. The number of sulfonamides is 1. The summed E-state index contributed by atoms with van der Waals surface area (Å²) in [5.74, 6) is 0. The molecule has 0 radical (unpaired) electrons. The third-order valence-electron chi connectivity index (χ3n) is 2.66. The van der Waals surface area contributed by atoms with Gasteiger partial charge in [-0.25, -0.2) is 13.1 Å². The molecule has 0 aliphatic rings. The van der Waals surface area contributed by atoms with Crippen molar-refractivity contribution in [3.8, 4) is 0 Å². The second kappa shape index (κ2) is 6.53. The quantitative estimate of drug-likeness (QED) is 0.823. The van der Waals surface area contributed by atoms with Gasteiger partial charge in [-0.05, 0) is 23.1 Å². The summed E-state index contributed by atoms with van der Waals surface area (Å²) in [5, 5.41) is 5.12. The number of hydrogen-bond acceptors (Lipinski definition) is 5. The Morgan fingerprint density at radius 1 is 1.30 bits per heavy atom. The fraction of sp³-hybridized carbons (Fsp3) is 0.385. The van der Waals surface area contributed by atoms with E-state index in [1.54, 1.807) is 12.1 Å². The molecule has 110 valence electrons. The summed E-state index contributed by atoms with van der Waals surface area (Å²) in [6.45, 7) is 5.01. The molecule has 0 aromatic carbocycles. The van der Waals surface area contributed by atoms with Gasteiger partial charge in [-0.15, -0.1) is 11.3 Å². The summed E-state index contributed by atoms with van der Waals surface area (Å²) in [5.41, 5.74) is 1.78. The molecule has 20 heavy (non-hydrogen) atoms. The Bertz CT molecular complexity index is 630. The molecular weight excluding hydrogens is 296 g/mol. The van der Waals surface area contributed by atoms with E-state index in [4.69, 9.17) is 4.42 Å². The first kappa shape index (κ1) is 15.2. The van der Waals surface area contributed by atoms with Crippen LogP contribution in [0, 0.1) is 0 Å². The van der Waals surface area contributed by atoms with Gasteiger partial charge in [0.2, 0.25) is 10.0 Å². The van der Waals surface area contributed by atoms with E-state index in [9.17, 15) is 8.42 Å². The van der Waals surface area contributed by atoms with E-state index in [0.29, 0.717) is 16.8 Å². The molecule has 0 saturated carbocycles. The van der Waals surface area contributed by atoms with Crippen LogP contribution >= 0.6 is 11.3 Å². The van der Waals surface area contributed by atoms with Crippen LogP contribution in [-0.2, 0) is 23.1 Å². The largest absolute Gasteiger partial charge is 0.472 e. The lowest BCUT2D eigenvalue weighted by Crippen LogP contribution is -2.22. The summed E-state index contributed by atoms with van der Waals surface area (Å²) in [7, 11) is -3.46. The van der Waals surface area contributed by atoms with Crippen molar-refractivity contribution in [1.82, 2.24) is 10.0 Å². The van der Waals surface area contributed by atoms with Crippen molar-refractivity contribution in [2.75, 3.05) is 0 Å². The third kappa shape index (κ3) is 4.17. The molecule has 0 aliphatic heterocycles. The molecule has 5 nitrogen and oxygen atoms in total. The van der Waals surface area contributed by atoms with Crippen molar-refractivity contribution in [2.24, 2.45) is 0 Å². The minimum absolute atomic E-state index is 0.232. The van der Waals surface area contributed by atoms with Crippen LogP contribution in [0.3, 0.4) is 0 Å². The minimum Gasteiger partial charge on any atom is -0.472 e. The zero-order valence-corrected chi connectivity index (χ0v) is 13.1. The summed E-state index contributed by atoms with van der Waals surface area (Å²) in [6.07, 6.45) is 3.04. The van der Waals surface area contributed by atoms with E-state index in [1.807, 2.05) is 5.38 Å². The van der Waals surface area contributed by atoms with Gasteiger partial charge in [0.25, 0.3) is 0 Å². The van der Waals surface area contributed by atoms with Crippen molar-refractivity contribution in [2.45, 2.75) is 37.2 Å². The second-order valence-electron chi connectivity index (χ2n) is 4.77. The van der Waals surface area contributed by atoms with Crippen LogP contribution in [0.5, 0.6) is 0 Å². The molecule has 0 spiro atoms. The molecule has 0 bridgehead atoms. The third-order valence-corrected chi connectivity index (χ3v) is 5.55. The van der Waals surface area contributed by atoms with Gasteiger partial charge in [-0.3, -0.25) is 0 Å². The summed E-state index contributed by atoms with van der Waals surface area (Å²) in [6, 6.07) is 3.81. The van der Waals surface area contributed by atoms with Crippen molar-refractivity contribution >= 4 is 21.4 Å². The fourth-order valence-electron chi connectivity index (χ4n) is 1.55. The molecule has 2 aromatic rings. The van der Waals surface area contributed by atoms with E-state index in [2.05, 4.69) is 23.9 Å². The van der Waals surface area contributed by atoms with E-state index < -0.39 is 10.0 Å². The Labute approximate surface area is 123 Å². The van der Waals surface area contributed by atoms with Crippen LogP contribution in [0.15, 0.2) is 38.7 Å². The van der Waals surface area contributed by atoms with Crippen molar-refractivity contribution in [1.29, 1.82) is 0 Å². The Morgan fingerprint density at radius 3 is 2.75 bits per heavy atom. The zero-order valence-electron chi connectivity index (χ0n) is 11.4. The van der Waals surface area contributed by atoms with Gasteiger partial charge in [0, 0.05) is 24.7 Å². The highest BCUT2D eigenvalue weighted by Crippen LogP contribution is 2.20. The van der Waals surface area contributed by atoms with Crippen LogP contribution in [0.1, 0.15) is 25.0 Å². The molecule has 7 heteroatoms. The molecule has 0 atom stereocenters. The Morgan fingerprint density at radius 2 is 2.10 bits per heavy atom. The number of hydrogen-bond donors (Lipinski definition) is 2. The predicted molar refractivity (Wildman–Crippen MR) is 79.0 cm³/mol. The highest BCUT2D eigenvalue weighted by atomic mass is 32.2. The van der Waals surface area contributed by atoms with Gasteiger partial charge in [-0.1, -0.05) is 13.8 Å². The first-order chi connectivity index (χ1) is 9.47. The normalized spacial score (nSPS) is 12.2. The van der Waals surface area contributed by atoms with Crippen LogP contribution in [-0.4, -0.2) is 14.5 Å². The van der Waals surface area contributed by atoms with Crippen LogP contribution in [0.25, 0.3) is 0 Å². The Balaban J connectivity index is 1.98. The average molecular weight is 314 g/mol. The molecule has 2 aromatic heterocycles. The molecule has 2 rings (SSSR count). The lowest BCUT2D eigenvalue weighted by atomic mass is 10.3. The van der Waals surface area contributed by atoms with Gasteiger partial charge >= 0.3 is 0 Å². The van der Waals surface area contributed by atoms with Crippen molar-refractivity contribution in [3.05, 3.63) is 41.2 Å². The molecular formula is C13H18N2O3S2. The second-order valence-corrected chi connectivity index (χ2v) is 7.67. The predicted octanol–water partition coefficient (Wildman–Crippen LogP) is 2.32. The number of rotatable bonds is 7. The molecule has 0 unspecified atom stereocenters. The Hall–Kier alpha value is -1.15. The van der Waals surface area contributed by atoms with Crippen LogP contribution in [0.4, 0.5) is 0 Å². The maximum Gasteiger partial charge on any atom is 0.250 e. The molecule has 2 N–H and O–H groups in total. The average Bonchev–Trinajstić information content (AvgIpc) is 3.05. The monoisotopic (exact) mass is 314 g/mol. The molecule has 0 amide bonds. The fourth-order valence-corrected chi connectivity index (χ4v) is 3.82. The number of thiophene rings is 1. The minimum atomic E-state index is -3.46. The van der Waals surface area contributed by atoms with Crippen LogP contribution < -0.4 is 10.0 Å². The highest BCUT2D eigenvalue weighted by molar-refractivity contribution is 7.91. The number of nitrogens with one attached hydrogen (secondary N) is 2. The van der Waals surface area contributed by atoms with Gasteiger partial charge in [0.15, 0.2) is 0 Å². The maximum atomic E-state index is 12.1. The molecule has 0 saturated heterocycles. The first-order valence-corrected chi connectivity index (χ1v) is 8.65. The molecule has 0 fully saturated rings. The maximum absolute atomic E-state index is 12.1. The van der Waals surface area contributed by atoms with E-state index >= 15 is 0 Å². The van der Waals surface area contributed by atoms with Gasteiger partial charge in [-0.2, -0.15) is 0 Å². The van der Waals surface area contributed by atoms with E-state index in [-0.39, 0.29) is 6.54 Å². The smallest absolute Gasteiger partial charge is 0.250 e. The first-order valence-electron chi connectivity index (χ1n) is 6.29. The zero-order chi connectivity index (χ0) is 14.6. The number of furan rings is 1. The van der Waals surface area contributed by atoms with Gasteiger partial charge < -0.3 is 9.73 Å². The van der Waals surface area contributed by atoms with Gasteiger partial charge in [0.05, 0.1) is 12.5 Å². The van der Waals surface area contributed by atoms with Crippen molar-refractivity contribution in [3.63, 3.8) is 0 Å². The summed E-state index contributed by atoms with van der Waals surface area (Å²) >= 11 is 1.23. The van der Waals surface area contributed by atoms with Crippen LogP contribution in [0.2, 0.25) is 0 Å². The standard InChI is InChI=1S/C13H18N2O3S2/c1-10(2)14-6-12-5-13(19-9-12)20(16,17)15-7-11-3-4-18-8-11/h3-5,8-10,14-15H,6-7H2,1-2H3. The Kier molecular flexibility index (Phi) is 4.98. The lowest BCUT2D eigenvalue weighted by molar-refractivity contribution is 0.561. The SMILES string of the molecule is CC(C)NCc1csc(S(=O)(=O)NCc2ccoc2)c1. The topological polar surface area (TPSA) is 71.3 Å². The summed E-state index contributed by atoms with van der Waals surface area (Å²) < 4.78 is 32.1. The van der Waals surface area contributed by atoms with Crippen molar-refractivity contribution < 1.29 is 12.8 Å². The van der Waals surface area contributed by atoms with E-state index in [1.165, 1.54) is 23.9 Å². The summed E-state index contributed by atoms with van der Waals surface area (Å²) in [4.78, 5) is 0. The highest BCUT2D eigenvalue weighted by Gasteiger charge is 2.16. The molecule has 0 aliphatic carbocycles. The van der Waals surface area contributed by atoms with E-state index in [0.717, 1.165) is 11.1 Å². The lowest BCUT2D eigenvalue weighted by Gasteiger charge is -2.05.